The van der Waals surface area contributed by atoms with E-state index in [4.69, 9.17) is 0 Å². The Kier molecular flexibility index (Phi) is 5.90. The highest BCUT2D eigenvalue weighted by Crippen LogP contribution is 2.60. The minimum absolute atomic E-state index is 0.0807. The van der Waals surface area contributed by atoms with Gasteiger partial charge in [0.05, 0.1) is 14.2 Å². The maximum absolute atomic E-state index is 13.2. The van der Waals surface area contributed by atoms with E-state index < -0.39 is 47.5 Å². The third-order valence-corrected chi connectivity index (χ3v) is 2.86. The second-order valence-corrected chi connectivity index (χ2v) is 4.43. The van der Waals surface area contributed by atoms with Crippen molar-refractivity contribution in [2.24, 2.45) is 0 Å². The monoisotopic (exact) mass is 418 g/mol. The molecule has 154 valence electrons. The zero-order valence-corrected chi connectivity index (χ0v) is 12.2. The van der Waals surface area contributed by atoms with Crippen LogP contribution in [0.1, 0.15) is 0 Å². The highest BCUT2D eigenvalue weighted by Gasteiger charge is 2.92. The number of hydrogen-bond acceptors (Lipinski definition) is 4. The van der Waals surface area contributed by atoms with E-state index in [0.29, 0.717) is 0 Å². The molecule has 0 bridgehead atoms. The predicted octanol–water partition coefficient (Wildman–Crippen LogP) is 3.14. The van der Waals surface area contributed by atoms with E-state index in [1.54, 1.807) is 0 Å². The molecule has 0 saturated carbocycles. The number of carbonyl (C=O) groups excluding carboxylic acids is 2. The van der Waals surface area contributed by atoms with Gasteiger partial charge in [-0.1, -0.05) is 0 Å². The molecule has 0 aliphatic carbocycles. The SMILES string of the molecule is COC(=O)C(F)(F)C(F)(F)C(F)(F)C(F)(F)C(F)(F)C(F)(F)C(=O)OC. The summed E-state index contributed by atoms with van der Waals surface area (Å²) in [7, 11) is -0.161. The molecule has 0 unspecified atom stereocenters. The largest absolute Gasteiger partial charge is 0.464 e. The van der Waals surface area contributed by atoms with Crippen LogP contribution in [0, 0.1) is 0 Å². The van der Waals surface area contributed by atoms with E-state index in [0.717, 1.165) is 0 Å². The zero-order chi connectivity index (χ0) is 21.6. The first-order valence-electron chi connectivity index (χ1n) is 5.65. The Bertz CT molecular complexity index is 520. The first kappa shape index (κ1) is 24.1. The number of rotatable bonds is 7. The van der Waals surface area contributed by atoms with Gasteiger partial charge in [-0.2, -0.15) is 52.7 Å². The fourth-order valence-electron chi connectivity index (χ4n) is 1.30. The van der Waals surface area contributed by atoms with Crippen LogP contribution in [0.15, 0.2) is 0 Å². The smallest absolute Gasteiger partial charge is 0.410 e. The molecule has 0 aromatic rings. The van der Waals surface area contributed by atoms with Crippen molar-refractivity contribution in [3.05, 3.63) is 0 Å². The molecule has 16 heteroatoms. The number of ether oxygens (including phenoxy) is 2. The van der Waals surface area contributed by atoms with E-state index in [1.165, 1.54) is 0 Å². The summed E-state index contributed by atoms with van der Waals surface area (Å²) in [5.74, 6) is -52.0. The van der Waals surface area contributed by atoms with Gasteiger partial charge in [0.15, 0.2) is 0 Å². The summed E-state index contributed by atoms with van der Waals surface area (Å²) in [6.07, 6.45) is 0. The average Bonchev–Trinajstić information content (AvgIpc) is 2.51. The van der Waals surface area contributed by atoms with E-state index in [2.05, 4.69) is 9.47 Å². The van der Waals surface area contributed by atoms with Crippen LogP contribution in [0.2, 0.25) is 0 Å². The third kappa shape index (κ3) is 2.82. The molecule has 0 rings (SSSR count). The number of esters is 2. The standard InChI is InChI=1S/C10H6F12O4/c1-25-3(23)5(11,12)7(15,16)9(19,20)10(21,22)8(17,18)6(13,14)4(24)26-2/h1-2H3. The maximum atomic E-state index is 13.2. The van der Waals surface area contributed by atoms with Crippen molar-refractivity contribution in [1.82, 2.24) is 0 Å². The molecular formula is C10H6F12O4. The second kappa shape index (κ2) is 6.37. The lowest BCUT2D eigenvalue weighted by atomic mass is 9.91. The lowest BCUT2D eigenvalue weighted by Gasteiger charge is -2.39. The molecule has 4 nitrogen and oxygen atoms in total. The van der Waals surface area contributed by atoms with Crippen molar-refractivity contribution in [3.8, 4) is 0 Å². The molecule has 0 amide bonds. The Balaban J connectivity index is 6.50. The van der Waals surface area contributed by atoms with E-state index in [1.807, 2.05) is 0 Å². The first-order chi connectivity index (χ1) is 11.2. The van der Waals surface area contributed by atoms with Gasteiger partial charge in [-0.05, 0) is 0 Å². The Labute approximate surface area is 135 Å². The normalized spacial score (nSPS) is 14.8. The molecule has 26 heavy (non-hydrogen) atoms. The third-order valence-electron chi connectivity index (χ3n) is 2.86. The van der Waals surface area contributed by atoms with Crippen molar-refractivity contribution in [2.75, 3.05) is 14.2 Å². The Morgan fingerprint density at radius 1 is 0.500 bits per heavy atom. The molecule has 0 aromatic heterocycles. The summed E-state index contributed by atoms with van der Waals surface area (Å²) in [6.45, 7) is 0. The lowest BCUT2D eigenvalue weighted by Crippen LogP contribution is -2.72. The molecule has 0 N–H and O–H groups in total. The van der Waals surface area contributed by atoms with Crippen LogP contribution in [0.3, 0.4) is 0 Å². The van der Waals surface area contributed by atoms with Crippen molar-refractivity contribution >= 4 is 11.9 Å². The van der Waals surface area contributed by atoms with Gasteiger partial charge in [-0.15, -0.1) is 0 Å². The first-order valence-corrected chi connectivity index (χ1v) is 5.65. The number of halogens is 12. The number of carbonyl (C=O) groups is 2. The topological polar surface area (TPSA) is 52.6 Å². The molecule has 0 aliphatic rings. The highest BCUT2D eigenvalue weighted by molar-refractivity contribution is 5.80. The molecule has 0 aliphatic heterocycles. The van der Waals surface area contributed by atoms with Gasteiger partial charge in [-0.3, -0.25) is 0 Å². The van der Waals surface area contributed by atoms with E-state index in [-0.39, 0.29) is 14.2 Å². The molecule has 0 radical (unpaired) electrons. The minimum Gasteiger partial charge on any atom is -0.464 e. The number of hydrogen-bond donors (Lipinski definition) is 0. The van der Waals surface area contributed by atoms with Crippen LogP contribution in [0.25, 0.3) is 0 Å². The Morgan fingerprint density at radius 2 is 0.692 bits per heavy atom. The average molecular weight is 418 g/mol. The van der Waals surface area contributed by atoms with Crippen molar-refractivity contribution < 1.29 is 71.7 Å². The van der Waals surface area contributed by atoms with Crippen molar-refractivity contribution in [2.45, 2.75) is 35.5 Å². The van der Waals surface area contributed by atoms with E-state index >= 15 is 0 Å². The quantitative estimate of drug-likeness (QED) is 0.471. The van der Waals surface area contributed by atoms with Gasteiger partial charge in [0.1, 0.15) is 0 Å². The fourth-order valence-corrected chi connectivity index (χ4v) is 1.30. The predicted molar refractivity (Wildman–Crippen MR) is 53.7 cm³/mol. The van der Waals surface area contributed by atoms with Gasteiger partial charge in [-0.25, -0.2) is 9.59 Å². The Hall–Kier alpha value is -1.90. The van der Waals surface area contributed by atoms with Crippen LogP contribution in [0.5, 0.6) is 0 Å². The summed E-state index contributed by atoms with van der Waals surface area (Å²) < 4.78 is 163. The summed E-state index contributed by atoms with van der Waals surface area (Å²) in [5, 5.41) is 0. The van der Waals surface area contributed by atoms with Crippen LogP contribution in [0.4, 0.5) is 52.7 Å². The summed E-state index contributed by atoms with van der Waals surface area (Å²) >= 11 is 0. The molecule has 0 atom stereocenters. The molecule has 0 heterocycles. The Morgan fingerprint density at radius 3 is 0.846 bits per heavy atom. The molecule has 0 spiro atoms. The van der Waals surface area contributed by atoms with Gasteiger partial charge < -0.3 is 9.47 Å². The molecular weight excluding hydrogens is 412 g/mol. The van der Waals surface area contributed by atoms with Crippen LogP contribution < -0.4 is 0 Å². The van der Waals surface area contributed by atoms with Crippen LogP contribution in [-0.2, 0) is 19.1 Å². The number of methoxy groups -OCH3 is 2. The molecule has 0 fully saturated rings. The van der Waals surface area contributed by atoms with Gasteiger partial charge in [0.25, 0.3) is 0 Å². The van der Waals surface area contributed by atoms with E-state index in [9.17, 15) is 62.3 Å². The summed E-state index contributed by atoms with van der Waals surface area (Å²) in [5.41, 5.74) is 0. The maximum Gasteiger partial charge on any atom is 0.410 e. The number of alkyl halides is 12. The zero-order valence-electron chi connectivity index (χ0n) is 12.2. The summed E-state index contributed by atoms with van der Waals surface area (Å²) in [6, 6.07) is 0. The second-order valence-electron chi connectivity index (χ2n) is 4.43. The highest BCUT2D eigenvalue weighted by atomic mass is 19.4. The molecule has 0 saturated heterocycles. The van der Waals surface area contributed by atoms with Gasteiger partial charge in [0.2, 0.25) is 0 Å². The fraction of sp³-hybridized carbons (Fsp3) is 0.800. The minimum atomic E-state index is -7.97. The summed E-state index contributed by atoms with van der Waals surface area (Å²) in [4.78, 5) is 20.8. The van der Waals surface area contributed by atoms with Crippen molar-refractivity contribution in [3.63, 3.8) is 0 Å². The van der Waals surface area contributed by atoms with Gasteiger partial charge >= 0.3 is 47.5 Å². The van der Waals surface area contributed by atoms with Crippen molar-refractivity contribution in [1.29, 1.82) is 0 Å². The van der Waals surface area contributed by atoms with Crippen LogP contribution in [-0.4, -0.2) is 61.7 Å². The van der Waals surface area contributed by atoms with Crippen LogP contribution >= 0.6 is 0 Å². The molecule has 0 aromatic carbocycles. The van der Waals surface area contributed by atoms with Gasteiger partial charge in [0, 0.05) is 0 Å². The lowest BCUT2D eigenvalue weighted by molar-refractivity contribution is -0.417.